The predicted octanol–water partition coefficient (Wildman–Crippen LogP) is 2.28. The minimum atomic E-state index is 0.144. The van der Waals surface area contributed by atoms with Crippen LogP contribution in [-0.2, 0) is 13.0 Å². The second-order valence-corrected chi connectivity index (χ2v) is 5.03. The molecule has 108 valence electrons. The number of hydrogen-bond acceptors (Lipinski definition) is 4. The monoisotopic (exact) mass is 273 g/mol. The van der Waals surface area contributed by atoms with Crippen molar-refractivity contribution in [2.45, 2.75) is 46.2 Å². The van der Waals surface area contributed by atoms with Gasteiger partial charge in [0.2, 0.25) is 0 Å². The lowest BCUT2D eigenvalue weighted by Crippen LogP contribution is -2.25. The summed E-state index contributed by atoms with van der Waals surface area (Å²) in [4.78, 5) is 8.91. The van der Waals surface area contributed by atoms with Gasteiger partial charge in [-0.15, -0.1) is 0 Å². The van der Waals surface area contributed by atoms with Crippen molar-refractivity contribution in [2.24, 2.45) is 0 Å². The van der Waals surface area contributed by atoms with Crippen LogP contribution in [0.3, 0.4) is 0 Å². The maximum Gasteiger partial charge on any atom is 0.145 e. The first-order valence-electron chi connectivity index (χ1n) is 7.26. The zero-order valence-corrected chi connectivity index (χ0v) is 12.5. The van der Waals surface area contributed by atoms with Gasteiger partial charge < -0.3 is 5.32 Å². The Labute approximate surface area is 120 Å². The van der Waals surface area contributed by atoms with E-state index in [4.69, 9.17) is 0 Å². The van der Waals surface area contributed by atoms with E-state index in [9.17, 15) is 0 Å². The summed E-state index contributed by atoms with van der Waals surface area (Å²) < 4.78 is 1.95. The Bertz CT molecular complexity index is 517. The molecule has 20 heavy (non-hydrogen) atoms. The average Bonchev–Trinajstić information content (AvgIpc) is 2.92. The lowest BCUT2D eigenvalue weighted by Gasteiger charge is -2.16. The summed E-state index contributed by atoms with van der Waals surface area (Å²) in [6.45, 7) is 8.11. The molecule has 0 fully saturated rings. The van der Waals surface area contributed by atoms with Crippen molar-refractivity contribution in [1.29, 1.82) is 0 Å². The molecule has 2 heterocycles. The summed E-state index contributed by atoms with van der Waals surface area (Å²) in [5.41, 5.74) is 2.30. The van der Waals surface area contributed by atoms with Crippen molar-refractivity contribution in [3.05, 3.63) is 41.7 Å². The molecule has 2 aromatic rings. The third kappa shape index (κ3) is 3.87. The lowest BCUT2D eigenvalue weighted by molar-refractivity contribution is 0.503. The fourth-order valence-electron chi connectivity index (χ4n) is 2.08. The van der Waals surface area contributed by atoms with Crippen molar-refractivity contribution >= 4 is 0 Å². The molecule has 0 aliphatic rings. The van der Waals surface area contributed by atoms with Crippen LogP contribution >= 0.6 is 0 Å². The highest BCUT2D eigenvalue weighted by Gasteiger charge is 2.15. The minimum Gasteiger partial charge on any atom is -0.307 e. The van der Waals surface area contributed by atoms with Gasteiger partial charge in [0.25, 0.3) is 0 Å². The zero-order valence-electron chi connectivity index (χ0n) is 12.5. The van der Waals surface area contributed by atoms with Crippen LogP contribution in [0.1, 0.15) is 43.3 Å². The quantitative estimate of drug-likeness (QED) is 0.841. The molecule has 5 heteroatoms. The Morgan fingerprint density at radius 2 is 1.95 bits per heavy atom. The van der Waals surface area contributed by atoms with Crippen LogP contribution in [-0.4, -0.2) is 26.3 Å². The van der Waals surface area contributed by atoms with Crippen LogP contribution in [0.2, 0.25) is 0 Å². The molecule has 0 amide bonds. The molecule has 0 aliphatic heterocycles. The largest absolute Gasteiger partial charge is 0.307 e. The predicted molar refractivity (Wildman–Crippen MR) is 79.4 cm³/mol. The molecular formula is C15H23N5. The Kier molecular flexibility index (Phi) is 5.24. The molecule has 0 saturated carbocycles. The van der Waals surface area contributed by atoms with Gasteiger partial charge in [-0.1, -0.05) is 6.92 Å². The van der Waals surface area contributed by atoms with E-state index in [0.29, 0.717) is 0 Å². The summed E-state index contributed by atoms with van der Waals surface area (Å²) in [7, 11) is 0. The van der Waals surface area contributed by atoms with Crippen LogP contribution in [0.5, 0.6) is 0 Å². The summed E-state index contributed by atoms with van der Waals surface area (Å²) in [5.74, 6) is 0.855. The molecule has 5 nitrogen and oxygen atoms in total. The fourth-order valence-corrected chi connectivity index (χ4v) is 2.08. The van der Waals surface area contributed by atoms with E-state index < -0.39 is 0 Å². The summed E-state index contributed by atoms with van der Waals surface area (Å²) >= 11 is 0. The van der Waals surface area contributed by atoms with Gasteiger partial charge >= 0.3 is 0 Å². The number of nitrogens with one attached hydrogen (secondary N) is 1. The van der Waals surface area contributed by atoms with Crippen molar-refractivity contribution in [1.82, 2.24) is 25.1 Å². The van der Waals surface area contributed by atoms with Crippen LogP contribution in [0.15, 0.2) is 24.8 Å². The van der Waals surface area contributed by atoms with Crippen LogP contribution in [0.4, 0.5) is 0 Å². The third-order valence-corrected chi connectivity index (χ3v) is 3.20. The second kappa shape index (κ2) is 7.14. The summed E-state index contributed by atoms with van der Waals surface area (Å²) in [6, 6.07) is 0.144. The molecule has 2 aromatic heterocycles. The smallest absolute Gasteiger partial charge is 0.145 e. The number of aryl methyl sites for hydroxylation is 2. The SMILES string of the molecule is CCCNC(Cc1cnn(CC)c1)c1ncc(C)cn1. The summed E-state index contributed by atoms with van der Waals surface area (Å²) in [6.07, 6.45) is 9.73. The maximum absolute atomic E-state index is 4.45. The van der Waals surface area contributed by atoms with Gasteiger partial charge in [-0.3, -0.25) is 4.68 Å². The van der Waals surface area contributed by atoms with Crippen LogP contribution in [0, 0.1) is 6.92 Å². The maximum atomic E-state index is 4.45. The van der Waals surface area contributed by atoms with E-state index in [2.05, 4.69) is 40.4 Å². The molecule has 0 saturated heterocycles. The Morgan fingerprint density at radius 1 is 1.20 bits per heavy atom. The van der Waals surface area contributed by atoms with Gasteiger partial charge in [0, 0.05) is 25.1 Å². The standard InChI is InChI=1S/C15H23N5/c1-4-6-16-14(15-17-8-12(3)9-18-15)7-13-10-19-20(5-2)11-13/h8-11,14,16H,4-7H2,1-3H3. The molecule has 0 aliphatic carbocycles. The molecular weight excluding hydrogens is 250 g/mol. The van der Waals surface area contributed by atoms with E-state index in [1.807, 2.05) is 30.2 Å². The Balaban J connectivity index is 2.12. The van der Waals surface area contributed by atoms with E-state index in [1.54, 1.807) is 0 Å². The lowest BCUT2D eigenvalue weighted by atomic mass is 10.1. The van der Waals surface area contributed by atoms with Gasteiger partial charge in [-0.25, -0.2) is 9.97 Å². The molecule has 0 aromatic carbocycles. The van der Waals surface area contributed by atoms with Gasteiger partial charge in [0.05, 0.1) is 12.2 Å². The van der Waals surface area contributed by atoms with Crippen molar-refractivity contribution in [3.8, 4) is 0 Å². The molecule has 1 atom stereocenters. The first kappa shape index (κ1) is 14.7. The topological polar surface area (TPSA) is 55.6 Å². The van der Waals surface area contributed by atoms with E-state index in [-0.39, 0.29) is 6.04 Å². The first-order chi connectivity index (χ1) is 9.72. The summed E-state index contributed by atoms with van der Waals surface area (Å²) in [5, 5.41) is 7.84. The van der Waals surface area contributed by atoms with Crippen molar-refractivity contribution in [2.75, 3.05) is 6.54 Å². The minimum absolute atomic E-state index is 0.144. The zero-order chi connectivity index (χ0) is 14.4. The molecule has 2 rings (SSSR count). The van der Waals surface area contributed by atoms with Crippen LogP contribution < -0.4 is 5.32 Å². The molecule has 0 bridgehead atoms. The number of hydrogen-bond donors (Lipinski definition) is 1. The third-order valence-electron chi connectivity index (χ3n) is 3.20. The van der Waals surface area contributed by atoms with E-state index in [0.717, 1.165) is 37.3 Å². The number of aromatic nitrogens is 4. The highest BCUT2D eigenvalue weighted by Crippen LogP contribution is 2.15. The van der Waals surface area contributed by atoms with Gasteiger partial charge in [-0.05, 0) is 44.4 Å². The van der Waals surface area contributed by atoms with Crippen molar-refractivity contribution in [3.63, 3.8) is 0 Å². The van der Waals surface area contributed by atoms with Gasteiger partial charge in [0.15, 0.2) is 0 Å². The van der Waals surface area contributed by atoms with E-state index >= 15 is 0 Å². The number of nitrogens with zero attached hydrogens (tertiary/aromatic N) is 4. The molecule has 1 N–H and O–H groups in total. The highest BCUT2D eigenvalue weighted by molar-refractivity contribution is 5.11. The average molecular weight is 273 g/mol. The second-order valence-electron chi connectivity index (χ2n) is 5.03. The van der Waals surface area contributed by atoms with Crippen molar-refractivity contribution < 1.29 is 0 Å². The molecule has 0 radical (unpaired) electrons. The normalized spacial score (nSPS) is 12.6. The Morgan fingerprint density at radius 3 is 2.55 bits per heavy atom. The van der Waals surface area contributed by atoms with E-state index in [1.165, 1.54) is 5.56 Å². The van der Waals surface area contributed by atoms with Crippen LogP contribution in [0.25, 0.3) is 0 Å². The first-order valence-corrected chi connectivity index (χ1v) is 7.26. The highest BCUT2D eigenvalue weighted by atomic mass is 15.3. The molecule has 0 spiro atoms. The number of rotatable bonds is 7. The molecule has 1 unspecified atom stereocenters. The van der Waals surface area contributed by atoms with Gasteiger partial charge in [-0.2, -0.15) is 5.10 Å². The fraction of sp³-hybridized carbons (Fsp3) is 0.533. The Hall–Kier alpha value is -1.75. The van der Waals surface area contributed by atoms with Gasteiger partial charge in [0.1, 0.15) is 5.82 Å².